The highest BCUT2D eigenvalue weighted by molar-refractivity contribution is 6.03. The van der Waals surface area contributed by atoms with Gasteiger partial charge in [-0.15, -0.1) is 0 Å². The summed E-state index contributed by atoms with van der Waals surface area (Å²) >= 11 is 0. The lowest BCUT2D eigenvalue weighted by Gasteiger charge is -2.55. The van der Waals surface area contributed by atoms with Gasteiger partial charge in [0.15, 0.2) is 0 Å². The minimum absolute atomic E-state index is 0.0865. The number of benzene rings is 4. The number of hydrogen-bond donors (Lipinski definition) is 1. The highest BCUT2D eigenvalue weighted by Gasteiger charge is 2.45. The fourth-order valence-corrected chi connectivity index (χ4v) is 9.87. The number of piperidine rings is 1. The molecule has 8 rings (SSSR count). The van der Waals surface area contributed by atoms with E-state index in [9.17, 15) is 24.3 Å². The van der Waals surface area contributed by atoms with Crippen molar-refractivity contribution in [2.45, 2.75) is 83.3 Å². The molecule has 9 nitrogen and oxygen atoms in total. The summed E-state index contributed by atoms with van der Waals surface area (Å²) in [5.74, 6) is 0.559. The molecule has 4 aromatic rings. The summed E-state index contributed by atoms with van der Waals surface area (Å²) in [5, 5.41) is 10.2. The van der Waals surface area contributed by atoms with E-state index in [1.54, 1.807) is 6.07 Å². The number of hydrogen-bond acceptors (Lipinski definition) is 7. The number of aldehydes is 1. The Balaban J connectivity index is 0.854. The third-order valence-corrected chi connectivity index (χ3v) is 13.1. The fourth-order valence-electron chi connectivity index (χ4n) is 9.87. The molecule has 4 aliphatic rings. The molecule has 1 N–H and O–H groups in total. The number of rotatable bonds is 11. The summed E-state index contributed by atoms with van der Waals surface area (Å²) in [7, 11) is 0. The maximum atomic E-state index is 13.6. The molecule has 9 heteroatoms. The molecule has 1 unspecified atom stereocenters. The van der Waals surface area contributed by atoms with Crippen molar-refractivity contribution in [3.8, 4) is 5.75 Å². The monoisotopic (exact) mass is 752 g/mol. The number of phenols is 1. The van der Waals surface area contributed by atoms with Gasteiger partial charge in [0.2, 0.25) is 12.3 Å². The molecule has 2 saturated heterocycles. The average Bonchev–Trinajstić information content (AvgIpc) is 3.63. The molecule has 3 amide bonds. The highest BCUT2D eigenvalue weighted by atomic mass is 16.3. The number of carbonyl (C=O) groups excluding carboxylic acids is 4. The van der Waals surface area contributed by atoms with Gasteiger partial charge < -0.3 is 19.7 Å². The van der Waals surface area contributed by atoms with Crippen molar-refractivity contribution in [3.63, 3.8) is 0 Å². The number of carbonyl (C=O) groups is 4. The molecule has 3 atom stereocenters. The van der Waals surface area contributed by atoms with Crippen molar-refractivity contribution in [2.75, 3.05) is 37.6 Å². The van der Waals surface area contributed by atoms with Gasteiger partial charge in [0, 0.05) is 48.8 Å². The topological polar surface area (TPSA) is 101 Å². The second kappa shape index (κ2) is 15.7. The number of anilines is 1. The van der Waals surface area contributed by atoms with Crippen LogP contribution in [-0.2, 0) is 33.9 Å². The minimum atomic E-state index is -0.786. The number of phenolic OH excluding ortho intramolecular Hbond substituents is 1. The van der Waals surface area contributed by atoms with Gasteiger partial charge in [-0.1, -0.05) is 67.9 Å². The first kappa shape index (κ1) is 37.6. The van der Waals surface area contributed by atoms with E-state index in [0.29, 0.717) is 62.4 Å². The van der Waals surface area contributed by atoms with Crippen LogP contribution in [-0.4, -0.2) is 83.1 Å². The van der Waals surface area contributed by atoms with E-state index in [0.717, 1.165) is 73.5 Å². The van der Waals surface area contributed by atoms with Crippen molar-refractivity contribution >= 4 is 30.2 Å². The summed E-state index contributed by atoms with van der Waals surface area (Å²) < 4.78 is 0. The minimum Gasteiger partial charge on any atom is -0.508 e. The lowest BCUT2D eigenvalue weighted by molar-refractivity contribution is -0.133. The Kier molecular flexibility index (Phi) is 10.5. The summed E-state index contributed by atoms with van der Waals surface area (Å²) in [5.41, 5.74) is 9.83. The highest BCUT2D eigenvalue weighted by Crippen LogP contribution is 2.48. The van der Waals surface area contributed by atoms with Crippen molar-refractivity contribution in [3.05, 3.63) is 129 Å². The smallest absolute Gasteiger partial charge is 0.261 e. The van der Waals surface area contributed by atoms with Crippen molar-refractivity contribution < 1.29 is 24.3 Å². The third-order valence-electron chi connectivity index (χ3n) is 13.1. The summed E-state index contributed by atoms with van der Waals surface area (Å²) in [4.78, 5) is 58.0. The molecule has 0 radical (unpaired) electrons. The zero-order valence-electron chi connectivity index (χ0n) is 32.5. The van der Waals surface area contributed by atoms with E-state index in [-0.39, 0.29) is 17.2 Å². The fraction of sp³-hybridized carbons (Fsp3) is 0.404. The van der Waals surface area contributed by atoms with Crippen molar-refractivity contribution in [1.82, 2.24) is 14.7 Å². The quantitative estimate of drug-likeness (QED) is 0.165. The summed E-state index contributed by atoms with van der Waals surface area (Å²) in [6, 6.07) is 28.9. The molecule has 2 fully saturated rings. The summed E-state index contributed by atoms with van der Waals surface area (Å²) in [6.07, 6.45) is 6.35. The lowest BCUT2D eigenvalue weighted by atomic mass is 9.69. The number of aryl methyl sites for hydroxylation is 2. The molecular formula is C47H52N4O5. The number of likely N-dealkylation sites (tertiary alicyclic amines) is 1. The number of nitrogens with zero attached hydrogens (tertiary/aromatic N) is 4. The number of imide groups is 1. The Labute approximate surface area is 329 Å². The SMILES string of the molecule is CCCC(C=O)N(C=O)C(=O)c1cc2c(cc1C)CN(C(=O)CN1CCC3(CC1)CN(c1ccc([C@@H]4c5ccc(O)cc5CC[C@@H]4c4ccccc4)cc1)C3)C2. The van der Waals surface area contributed by atoms with Gasteiger partial charge in [0.1, 0.15) is 12.0 Å². The molecule has 4 aromatic carbocycles. The van der Waals surface area contributed by atoms with Crippen LogP contribution < -0.4 is 4.90 Å². The van der Waals surface area contributed by atoms with Crippen LogP contribution >= 0.6 is 0 Å². The van der Waals surface area contributed by atoms with Crippen LogP contribution in [0.15, 0.2) is 84.9 Å². The molecule has 3 heterocycles. The predicted molar refractivity (Wildman–Crippen MR) is 217 cm³/mol. The van der Waals surface area contributed by atoms with Gasteiger partial charge in [0.25, 0.3) is 5.91 Å². The molecule has 1 spiro atoms. The van der Waals surface area contributed by atoms with E-state index < -0.39 is 11.9 Å². The van der Waals surface area contributed by atoms with E-state index in [1.165, 1.54) is 27.9 Å². The van der Waals surface area contributed by atoms with Gasteiger partial charge >= 0.3 is 0 Å². The van der Waals surface area contributed by atoms with E-state index >= 15 is 0 Å². The molecule has 1 aliphatic carbocycles. The third kappa shape index (κ3) is 7.25. The van der Waals surface area contributed by atoms with Crippen LogP contribution in [0.25, 0.3) is 0 Å². The maximum Gasteiger partial charge on any atom is 0.261 e. The first-order valence-corrected chi connectivity index (χ1v) is 20.3. The Morgan fingerprint density at radius 2 is 1.61 bits per heavy atom. The maximum absolute atomic E-state index is 13.6. The van der Waals surface area contributed by atoms with Gasteiger partial charge in [-0.05, 0) is 127 Å². The van der Waals surface area contributed by atoms with Crippen LogP contribution in [0.3, 0.4) is 0 Å². The van der Waals surface area contributed by atoms with Gasteiger partial charge in [0.05, 0.1) is 12.6 Å². The molecule has 0 saturated carbocycles. The van der Waals surface area contributed by atoms with E-state index in [4.69, 9.17) is 0 Å². The van der Waals surface area contributed by atoms with Crippen LogP contribution in [0, 0.1) is 12.3 Å². The van der Waals surface area contributed by atoms with Gasteiger partial charge in [-0.3, -0.25) is 24.2 Å². The average molecular weight is 753 g/mol. The van der Waals surface area contributed by atoms with Crippen LogP contribution in [0.2, 0.25) is 0 Å². The Hall–Kier alpha value is -5.28. The standard InChI is InChI=1S/C47H52N4O5/c1-3-7-39(28-52)51(31-53)46(56)43-24-37-26-49(25-36(37)22-32(43)2)44(55)27-48-20-18-47(19-21-48)29-50(30-47)38-13-10-34(11-14-38)45-41(33-8-5-4-6-9-33)16-12-35-23-40(54)15-17-42(35)45/h4-6,8-11,13-15,17,22-24,28,31,39,41,45,54H,3,7,12,16,18-21,25-27,29-30H2,1-2H3/t39?,41-,45+/m1/s1. The normalized spacial score (nSPS) is 20.5. The second-order valence-corrected chi connectivity index (χ2v) is 16.6. The van der Waals surface area contributed by atoms with Crippen LogP contribution in [0.5, 0.6) is 5.75 Å². The number of amides is 3. The molecule has 3 aliphatic heterocycles. The number of fused-ring (bicyclic) bond motifs is 2. The molecular weight excluding hydrogens is 701 g/mol. The summed E-state index contributed by atoms with van der Waals surface area (Å²) in [6.45, 7) is 8.90. The first-order valence-electron chi connectivity index (χ1n) is 20.3. The predicted octanol–water partition coefficient (Wildman–Crippen LogP) is 6.97. The van der Waals surface area contributed by atoms with E-state index in [1.807, 2.05) is 36.9 Å². The van der Waals surface area contributed by atoms with E-state index in [2.05, 4.69) is 70.5 Å². The Morgan fingerprint density at radius 1 is 0.893 bits per heavy atom. The van der Waals surface area contributed by atoms with Crippen molar-refractivity contribution in [2.24, 2.45) is 5.41 Å². The lowest BCUT2D eigenvalue weighted by Crippen LogP contribution is -2.61. The largest absolute Gasteiger partial charge is 0.508 e. The van der Waals surface area contributed by atoms with Gasteiger partial charge in [-0.25, -0.2) is 0 Å². The molecule has 56 heavy (non-hydrogen) atoms. The first-order chi connectivity index (χ1) is 27.2. The molecule has 0 aromatic heterocycles. The second-order valence-electron chi connectivity index (χ2n) is 16.6. The van der Waals surface area contributed by atoms with Crippen molar-refractivity contribution in [1.29, 1.82) is 0 Å². The zero-order chi connectivity index (χ0) is 39.0. The van der Waals surface area contributed by atoms with Crippen LogP contribution in [0.4, 0.5) is 5.69 Å². The molecule has 0 bridgehead atoms. The van der Waals surface area contributed by atoms with Gasteiger partial charge in [-0.2, -0.15) is 0 Å². The molecule has 290 valence electrons. The zero-order valence-corrected chi connectivity index (χ0v) is 32.5. The van der Waals surface area contributed by atoms with Crippen LogP contribution in [0.1, 0.15) is 100 Å². The number of aromatic hydroxyl groups is 1. The Morgan fingerprint density at radius 3 is 2.29 bits per heavy atom. The Bertz CT molecular complexity index is 2100.